The van der Waals surface area contributed by atoms with E-state index >= 15 is 0 Å². The average Bonchev–Trinajstić information content (AvgIpc) is 2.57. The van der Waals surface area contributed by atoms with Crippen molar-refractivity contribution in [2.75, 3.05) is 39.4 Å². The van der Waals surface area contributed by atoms with Crippen molar-refractivity contribution < 1.29 is 17.9 Å². The molecular weight excluding hydrogens is 304 g/mol. The minimum absolute atomic E-state index is 0.0820. The van der Waals surface area contributed by atoms with Crippen molar-refractivity contribution in [2.24, 2.45) is 0 Å². The van der Waals surface area contributed by atoms with Gasteiger partial charge >= 0.3 is 0 Å². The Labute approximate surface area is 131 Å². The van der Waals surface area contributed by atoms with Gasteiger partial charge in [0.2, 0.25) is 0 Å². The van der Waals surface area contributed by atoms with E-state index in [0.717, 1.165) is 18.6 Å². The molecule has 0 aromatic heterocycles. The van der Waals surface area contributed by atoms with Gasteiger partial charge in [-0.1, -0.05) is 18.2 Å². The molecule has 0 atom stereocenters. The summed E-state index contributed by atoms with van der Waals surface area (Å²) in [5.41, 5.74) is 0. The standard InChI is InChI=1S/C15H22N2O4S/c18-22(19,17-10-12-20-13-11-17)16-8-6-15(7-9-16)21-14-4-2-1-3-5-14/h1-5,15H,6-13H2. The van der Waals surface area contributed by atoms with Crippen LogP contribution < -0.4 is 4.74 Å². The molecule has 2 aliphatic rings. The van der Waals surface area contributed by atoms with Crippen molar-refractivity contribution >= 4 is 10.2 Å². The van der Waals surface area contributed by atoms with Gasteiger partial charge in [-0.15, -0.1) is 0 Å². The van der Waals surface area contributed by atoms with Gasteiger partial charge in [0.25, 0.3) is 10.2 Å². The van der Waals surface area contributed by atoms with Gasteiger partial charge in [-0.2, -0.15) is 17.0 Å². The third kappa shape index (κ3) is 3.60. The van der Waals surface area contributed by atoms with Crippen molar-refractivity contribution in [1.29, 1.82) is 0 Å². The summed E-state index contributed by atoms with van der Waals surface area (Å²) in [6.45, 7) is 2.87. The maximum absolute atomic E-state index is 12.6. The Morgan fingerprint density at radius 2 is 1.55 bits per heavy atom. The lowest BCUT2D eigenvalue weighted by molar-refractivity contribution is 0.0677. The van der Waals surface area contributed by atoms with E-state index in [2.05, 4.69) is 0 Å². The van der Waals surface area contributed by atoms with Crippen molar-refractivity contribution in [3.05, 3.63) is 30.3 Å². The molecule has 122 valence electrons. The van der Waals surface area contributed by atoms with Crippen molar-refractivity contribution in [3.8, 4) is 5.75 Å². The molecular formula is C15H22N2O4S. The molecule has 22 heavy (non-hydrogen) atoms. The highest BCUT2D eigenvalue weighted by molar-refractivity contribution is 7.86. The Hall–Kier alpha value is -1.15. The Kier molecular flexibility index (Phi) is 4.97. The first-order valence-corrected chi connectivity index (χ1v) is 9.10. The van der Waals surface area contributed by atoms with E-state index in [1.165, 1.54) is 4.31 Å². The highest BCUT2D eigenvalue weighted by atomic mass is 32.2. The molecule has 0 unspecified atom stereocenters. The Morgan fingerprint density at radius 1 is 0.955 bits per heavy atom. The van der Waals surface area contributed by atoms with Crippen LogP contribution in [0.25, 0.3) is 0 Å². The highest BCUT2D eigenvalue weighted by Crippen LogP contribution is 2.22. The van der Waals surface area contributed by atoms with Crippen LogP contribution in [0.3, 0.4) is 0 Å². The predicted molar refractivity (Wildman–Crippen MR) is 83.0 cm³/mol. The number of morpholine rings is 1. The fraction of sp³-hybridized carbons (Fsp3) is 0.600. The van der Waals surface area contributed by atoms with Crippen LogP contribution in [0.4, 0.5) is 0 Å². The number of nitrogens with zero attached hydrogens (tertiary/aromatic N) is 2. The SMILES string of the molecule is O=S(=O)(N1CCOCC1)N1CCC(Oc2ccccc2)CC1. The third-order valence-corrected chi connectivity index (χ3v) is 6.10. The molecule has 6 nitrogen and oxygen atoms in total. The molecule has 3 rings (SSSR count). The minimum atomic E-state index is -3.35. The molecule has 0 aliphatic carbocycles. The fourth-order valence-electron chi connectivity index (χ4n) is 2.81. The van der Waals surface area contributed by atoms with Gasteiger partial charge in [-0.25, -0.2) is 0 Å². The van der Waals surface area contributed by atoms with Gasteiger partial charge in [-0.05, 0) is 25.0 Å². The largest absolute Gasteiger partial charge is 0.490 e. The molecule has 0 radical (unpaired) electrons. The quantitative estimate of drug-likeness (QED) is 0.831. The summed E-state index contributed by atoms with van der Waals surface area (Å²) in [6, 6.07) is 9.68. The molecule has 1 aromatic rings. The fourth-order valence-corrected chi connectivity index (χ4v) is 4.42. The lowest BCUT2D eigenvalue weighted by Crippen LogP contribution is -2.51. The number of piperidine rings is 1. The summed E-state index contributed by atoms with van der Waals surface area (Å²) < 4.78 is 39.3. The zero-order valence-electron chi connectivity index (χ0n) is 12.6. The molecule has 2 saturated heterocycles. The molecule has 7 heteroatoms. The monoisotopic (exact) mass is 326 g/mol. The van der Waals surface area contributed by atoms with Gasteiger partial charge in [-0.3, -0.25) is 0 Å². The van der Waals surface area contributed by atoms with E-state index in [-0.39, 0.29) is 6.10 Å². The number of benzene rings is 1. The number of ether oxygens (including phenoxy) is 2. The maximum Gasteiger partial charge on any atom is 0.282 e. The zero-order chi connectivity index (χ0) is 15.4. The smallest absolute Gasteiger partial charge is 0.282 e. The van der Waals surface area contributed by atoms with Crippen LogP contribution >= 0.6 is 0 Å². The molecule has 0 amide bonds. The summed E-state index contributed by atoms with van der Waals surface area (Å²) in [4.78, 5) is 0. The summed E-state index contributed by atoms with van der Waals surface area (Å²) in [6.07, 6.45) is 1.52. The molecule has 1 aromatic carbocycles. The first kappa shape index (κ1) is 15.7. The number of hydrogen-bond donors (Lipinski definition) is 0. The normalized spacial score (nSPS) is 22.5. The van der Waals surface area contributed by atoms with E-state index in [4.69, 9.17) is 9.47 Å². The predicted octanol–water partition coefficient (Wildman–Crippen LogP) is 1.11. The van der Waals surface area contributed by atoms with E-state index in [0.29, 0.717) is 39.4 Å². The summed E-state index contributed by atoms with van der Waals surface area (Å²) >= 11 is 0. The number of hydrogen-bond acceptors (Lipinski definition) is 4. The zero-order valence-corrected chi connectivity index (χ0v) is 13.4. The number of para-hydroxylation sites is 1. The van der Waals surface area contributed by atoms with Crippen LogP contribution in [0.15, 0.2) is 30.3 Å². The van der Waals surface area contributed by atoms with Gasteiger partial charge in [0.15, 0.2) is 0 Å². The maximum atomic E-state index is 12.6. The van der Waals surface area contributed by atoms with Crippen LogP contribution in [0, 0.1) is 0 Å². The summed E-state index contributed by atoms with van der Waals surface area (Å²) in [7, 11) is -3.35. The number of rotatable bonds is 4. The second kappa shape index (κ2) is 6.95. The summed E-state index contributed by atoms with van der Waals surface area (Å²) in [5.74, 6) is 0.844. The van der Waals surface area contributed by atoms with Crippen molar-refractivity contribution in [3.63, 3.8) is 0 Å². The Bertz CT molecular complexity index is 564. The van der Waals surface area contributed by atoms with Gasteiger partial charge < -0.3 is 9.47 Å². The van der Waals surface area contributed by atoms with Gasteiger partial charge in [0.05, 0.1) is 13.2 Å². The van der Waals surface area contributed by atoms with Gasteiger partial charge in [0, 0.05) is 26.2 Å². The van der Waals surface area contributed by atoms with Crippen molar-refractivity contribution in [1.82, 2.24) is 8.61 Å². The molecule has 0 spiro atoms. The molecule has 2 heterocycles. The van der Waals surface area contributed by atoms with Crippen LogP contribution in [0.1, 0.15) is 12.8 Å². The molecule has 2 aliphatic heterocycles. The van der Waals surface area contributed by atoms with Crippen LogP contribution in [-0.4, -0.2) is 62.5 Å². The third-order valence-electron chi connectivity index (χ3n) is 4.07. The molecule has 2 fully saturated rings. The summed E-state index contributed by atoms with van der Waals surface area (Å²) in [5, 5.41) is 0. The Balaban J connectivity index is 1.54. The van der Waals surface area contributed by atoms with Crippen molar-refractivity contribution in [2.45, 2.75) is 18.9 Å². The first-order chi connectivity index (χ1) is 10.7. The van der Waals surface area contributed by atoms with E-state index < -0.39 is 10.2 Å². The lowest BCUT2D eigenvalue weighted by Gasteiger charge is -2.36. The highest BCUT2D eigenvalue weighted by Gasteiger charge is 2.34. The van der Waals surface area contributed by atoms with Crippen LogP contribution in [0.2, 0.25) is 0 Å². The van der Waals surface area contributed by atoms with E-state index in [1.807, 2.05) is 30.3 Å². The van der Waals surface area contributed by atoms with E-state index in [1.54, 1.807) is 4.31 Å². The molecule has 0 N–H and O–H groups in total. The van der Waals surface area contributed by atoms with E-state index in [9.17, 15) is 8.42 Å². The van der Waals surface area contributed by atoms with Gasteiger partial charge in [0.1, 0.15) is 11.9 Å². The second-order valence-electron chi connectivity index (χ2n) is 5.55. The van der Waals surface area contributed by atoms with Crippen LogP contribution in [-0.2, 0) is 14.9 Å². The second-order valence-corrected chi connectivity index (χ2v) is 7.48. The lowest BCUT2D eigenvalue weighted by atomic mass is 10.1. The average molecular weight is 326 g/mol. The molecule has 0 saturated carbocycles. The molecule has 0 bridgehead atoms. The first-order valence-electron chi connectivity index (χ1n) is 7.71. The van der Waals surface area contributed by atoms with Crippen LogP contribution in [0.5, 0.6) is 5.75 Å². The minimum Gasteiger partial charge on any atom is -0.490 e. The topological polar surface area (TPSA) is 59.1 Å². The Morgan fingerprint density at radius 3 is 2.18 bits per heavy atom.